The zero-order chi connectivity index (χ0) is 19.6. The van der Waals surface area contributed by atoms with Crippen molar-refractivity contribution in [1.82, 2.24) is 9.88 Å². The molecule has 0 bridgehead atoms. The molecule has 0 aliphatic carbocycles. The molecule has 1 saturated heterocycles. The van der Waals surface area contributed by atoms with Crippen molar-refractivity contribution in [2.45, 2.75) is 33.0 Å². The third-order valence-electron chi connectivity index (χ3n) is 4.15. The number of aryl methyl sites for hydroxylation is 1. The molecular weight excluding hydrogens is 388 g/mol. The summed E-state index contributed by atoms with van der Waals surface area (Å²) >= 11 is 7.25. The molecule has 2 heterocycles. The first-order chi connectivity index (χ1) is 12.8. The van der Waals surface area contributed by atoms with E-state index in [0.717, 1.165) is 5.56 Å². The Kier molecular flexibility index (Phi) is 6.14. The first-order valence-corrected chi connectivity index (χ1v) is 9.86. The minimum absolute atomic E-state index is 0.0302. The highest BCUT2D eigenvalue weighted by atomic mass is 35.5. The highest BCUT2D eigenvalue weighted by Crippen LogP contribution is 2.29. The van der Waals surface area contributed by atoms with Crippen LogP contribution in [-0.2, 0) is 14.3 Å². The first-order valence-electron chi connectivity index (χ1n) is 8.67. The topological polar surface area (TPSA) is 68.7 Å². The van der Waals surface area contributed by atoms with Crippen LogP contribution in [0, 0.1) is 6.92 Å². The molecular formula is C19H21ClN2O4S. The van der Waals surface area contributed by atoms with E-state index in [-0.39, 0.29) is 24.7 Å². The van der Waals surface area contributed by atoms with Gasteiger partial charge in [-0.25, -0.2) is 9.78 Å². The molecule has 0 saturated carbocycles. The second kappa shape index (κ2) is 8.37. The smallest absolute Gasteiger partial charge is 0.350 e. The van der Waals surface area contributed by atoms with E-state index in [0.29, 0.717) is 33.7 Å². The summed E-state index contributed by atoms with van der Waals surface area (Å²) in [5, 5.41) is 1.29. The Hall–Kier alpha value is -1.96. The van der Waals surface area contributed by atoms with Crippen LogP contribution in [0.4, 0.5) is 0 Å². The molecule has 1 aliphatic rings. The van der Waals surface area contributed by atoms with Crippen LogP contribution >= 0.6 is 22.9 Å². The van der Waals surface area contributed by atoms with Crippen molar-refractivity contribution in [3.8, 4) is 10.6 Å². The zero-order valence-electron chi connectivity index (χ0n) is 15.4. The number of esters is 1. The predicted molar refractivity (Wildman–Crippen MR) is 104 cm³/mol. The molecule has 2 atom stereocenters. The lowest BCUT2D eigenvalue weighted by molar-refractivity contribution is -0.146. The van der Waals surface area contributed by atoms with E-state index in [1.807, 2.05) is 26.0 Å². The molecule has 1 amide bonds. The largest absolute Gasteiger partial charge is 0.451 e. The lowest BCUT2D eigenvalue weighted by Crippen LogP contribution is -2.49. The Morgan fingerprint density at radius 3 is 2.70 bits per heavy atom. The average molecular weight is 409 g/mol. The van der Waals surface area contributed by atoms with Gasteiger partial charge in [-0.2, -0.15) is 0 Å². The fourth-order valence-corrected chi connectivity index (χ4v) is 4.14. The van der Waals surface area contributed by atoms with Gasteiger partial charge in [0.15, 0.2) is 6.61 Å². The number of benzene rings is 1. The lowest BCUT2D eigenvalue weighted by atomic mass is 10.2. The molecule has 8 heteroatoms. The molecule has 1 aliphatic heterocycles. The summed E-state index contributed by atoms with van der Waals surface area (Å²) in [4.78, 5) is 31.2. The number of thiazole rings is 1. The molecule has 1 fully saturated rings. The summed E-state index contributed by atoms with van der Waals surface area (Å²) in [5.74, 6) is -0.761. The van der Waals surface area contributed by atoms with E-state index < -0.39 is 5.97 Å². The summed E-state index contributed by atoms with van der Waals surface area (Å²) in [5.41, 5.74) is 1.41. The average Bonchev–Trinajstić information content (AvgIpc) is 3.00. The van der Waals surface area contributed by atoms with Crippen LogP contribution in [0.15, 0.2) is 24.3 Å². The molecule has 144 valence electrons. The van der Waals surface area contributed by atoms with Crippen LogP contribution in [0.3, 0.4) is 0 Å². The number of aromatic nitrogens is 1. The Morgan fingerprint density at radius 1 is 1.33 bits per heavy atom. The number of halogens is 1. The predicted octanol–water partition coefficient (Wildman–Crippen LogP) is 3.56. The number of amides is 1. The maximum atomic E-state index is 12.4. The number of hydrogen-bond acceptors (Lipinski definition) is 6. The monoisotopic (exact) mass is 408 g/mol. The summed E-state index contributed by atoms with van der Waals surface area (Å²) in [6.45, 7) is 6.29. The highest BCUT2D eigenvalue weighted by Gasteiger charge is 2.27. The van der Waals surface area contributed by atoms with E-state index in [1.54, 1.807) is 24.0 Å². The van der Waals surface area contributed by atoms with Crippen molar-refractivity contribution >= 4 is 34.8 Å². The van der Waals surface area contributed by atoms with Gasteiger partial charge in [-0.1, -0.05) is 23.7 Å². The minimum atomic E-state index is -0.541. The number of hydrogen-bond donors (Lipinski definition) is 0. The molecule has 1 aromatic carbocycles. The summed E-state index contributed by atoms with van der Waals surface area (Å²) in [7, 11) is 0. The van der Waals surface area contributed by atoms with Crippen molar-refractivity contribution in [2.24, 2.45) is 0 Å². The summed E-state index contributed by atoms with van der Waals surface area (Å²) in [6.07, 6.45) is -0.0604. The van der Waals surface area contributed by atoms with Crippen LogP contribution in [-0.4, -0.2) is 53.7 Å². The van der Waals surface area contributed by atoms with E-state index in [4.69, 9.17) is 21.1 Å². The molecule has 0 spiro atoms. The van der Waals surface area contributed by atoms with Crippen molar-refractivity contribution in [3.05, 3.63) is 39.9 Å². The van der Waals surface area contributed by atoms with Gasteiger partial charge >= 0.3 is 5.97 Å². The third-order valence-corrected chi connectivity index (χ3v) is 5.57. The number of ether oxygens (including phenoxy) is 2. The first kappa shape index (κ1) is 19.8. The maximum Gasteiger partial charge on any atom is 0.350 e. The highest BCUT2D eigenvalue weighted by molar-refractivity contribution is 7.17. The number of carbonyl (C=O) groups excluding carboxylic acids is 2. The van der Waals surface area contributed by atoms with Gasteiger partial charge in [0.25, 0.3) is 5.91 Å². The Morgan fingerprint density at radius 2 is 2.04 bits per heavy atom. The fraction of sp³-hybridized carbons (Fsp3) is 0.421. The Bertz CT molecular complexity index is 844. The van der Waals surface area contributed by atoms with E-state index in [2.05, 4.69) is 4.98 Å². The second-order valence-corrected chi connectivity index (χ2v) is 8.01. The van der Waals surface area contributed by atoms with E-state index in [1.165, 1.54) is 11.3 Å². The van der Waals surface area contributed by atoms with Crippen molar-refractivity contribution in [3.63, 3.8) is 0 Å². The molecule has 6 nitrogen and oxygen atoms in total. The molecule has 1 aromatic heterocycles. The van der Waals surface area contributed by atoms with Gasteiger partial charge in [0.1, 0.15) is 9.88 Å². The SMILES string of the molecule is Cc1nc(-c2cccc(Cl)c2)sc1C(=O)OCC(=O)N1C[C@@H](C)O[C@@H](C)C1. The minimum Gasteiger partial charge on any atom is -0.451 e. The van der Waals surface area contributed by atoms with E-state index >= 15 is 0 Å². The lowest BCUT2D eigenvalue weighted by Gasteiger charge is -2.35. The van der Waals surface area contributed by atoms with Gasteiger partial charge in [0.2, 0.25) is 0 Å². The van der Waals surface area contributed by atoms with Gasteiger partial charge in [-0.05, 0) is 32.9 Å². The van der Waals surface area contributed by atoms with Crippen LogP contribution in [0.2, 0.25) is 5.02 Å². The van der Waals surface area contributed by atoms with Crippen molar-refractivity contribution in [2.75, 3.05) is 19.7 Å². The van der Waals surface area contributed by atoms with Crippen molar-refractivity contribution in [1.29, 1.82) is 0 Å². The molecule has 0 unspecified atom stereocenters. The maximum absolute atomic E-state index is 12.4. The number of rotatable bonds is 4. The number of nitrogens with zero attached hydrogens (tertiary/aromatic N) is 2. The van der Waals surface area contributed by atoms with Crippen LogP contribution in [0.1, 0.15) is 29.2 Å². The Labute approximate surface area is 167 Å². The Balaban J connectivity index is 1.64. The summed E-state index contributed by atoms with van der Waals surface area (Å²) < 4.78 is 10.9. The van der Waals surface area contributed by atoms with Crippen LogP contribution in [0.5, 0.6) is 0 Å². The molecule has 27 heavy (non-hydrogen) atoms. The summed E-state index contributed by atoms with van der Waals surface area (Å²) in [6, 6.07) is 7.28. The molecule has 0 N–H and O–H groups in total. The molecule has 2 aromatic rings. The number of morpholine rings is 1. The van der Waals surface area contributed by atoms with Crippen LogP contribution < -0.4 is 0 Å². The van der Waals surface area contributed by atoms with Crippen molar-refractivity contribution < 1.29 is 19.1 Å². The van der Waals surface area contributed by atoms with Gasteiger partial charge in [-0.3, -0.25) is 4.79 Å². The van der Waals surface area contributed by atoms with Gasteiger partial charge in [0, 0.05) is 23.7 Å². The third kappa shape index (κ3) is 4.86. The second-order valence-electron chi connectivity index (χ2n) is 6.58. The van der Waals surface area contributed by atoms with E-state index in [9.17, 15) is 9.59 Å². The molecule has 3 rings (SSSR count). The van der Waals surface area contributed by atoms with Crippen LogP contribution in [0.25, 0.3) is 10.6 Å². The van der Waals surface area contributed by atoms with Gasteiger partial charge in [0.05, 0.1) is 17.9 Å². The zero-order valence-corrected chi connectivity index (χ0v) is 17.0. The van der Waals surface area contributed by atoms with Gasteiger partial charge in [-0.15, -0.1) is 11.3 Å². The normalized spacial score (nSPS) is 19.8. The quantitative estimate of drug-likeness (QED) is 0.723. The fourth-order valence-electron chi connectivity index (χ4n) is 3.00. The standard InChI is InChI=1S/C19H21ClN2O4S/c1-11-8-22(9-12(2)26-11)16(23)10-25-19(24)17-13(3)21-18(27-17)14-5-4-6-15(20)7-14/h4-7,11-12H,8-10H2,1-3H3/t11-,12+. The molecule has 0 radical (unpaired) electrons. The van der Waals surface area contributed by atoms with Gasteiger partial charge < -0.3 is 14.4 Å². The number of carbonyl (C=O) groups is 2.